The molecule has 0 aromatic carbocycles. The van der Waals surface area contributed by atoms with Crippen molar-refractivity contribution >= 4 is 31.9 Å². The van der Waals surface area contributed by atoms with E-state index in [9.17, 15) is 0 Å². The fourth-order valence-electron chi connectivity index (χ4n) is 1.98. The van der Waals surface area contributed by atoms with Crippen molar-refractivity contribution in [3.63, 3.8) is 0 Å². The van der Waals surface area contributed by atoms with E-state index < -0.39 is 0 Å². The molecular weight excluding hydrogens is 244 g/mol. The minimum atomic E-state index is 0.691. The first kappa shape index (κ1) is 6.66. The maximum atomic E-state index is 3.68. The molecule has 0 nitrogen and oxygen atoms in total. The molecule has 9 heavy (non-hydrogen) atoms. The molecule has 0 spiro atoms. The normalized spacial score (nSPS) is 50.7. The van der Waals surface area contributed by atoms with Crippen molar-refractivity contribution in [1.82, 2.24) is 0 Å². The SMILES string of the molecule is Br[C]1C2CCC(C2)C1Br. The van der Waals surface area contributed by atoms with Gasteiger partial charge in [0.25, 0.3) is 0 Å². The Morgan fingerprint density at radius 2 is 2.11 bits per heavy atom. The summed E-state index contributed by atoms with van der Waals surface area (Å²) in [6.07, 6.45) is 4.29. The lowest BCUT2D eigenvalue weighted by Crippen LogP contribution is -2.14. The summed E-state index contributed by atoms with van der Waals surface area (Å²) < 4.78 is 0. The molecular formula is C7H9Br2. The maximum Gasteiger partial charge on any atom is 0.0579 e. The average molecular weight is 253 g/mol. The molecule has 0 amide bonds. The third-order valence-corrected chi connectivity index (χ3v) is 5.54. The van der Waals surface area contributed by atoms with Gasteiger partial charge in [-0.15, -0.1) is 0 Å². The second-order valence-electron chi connectivity index (χ2n) is 3.06. The van der Waals surface area contributed by atoms with Crippen LogP contribution in [0.25, 0.3) is 0 Å². The van der Waals surface area contributed by atoms with Crippen LogP contribution >= 0.6 is 31.9 Å². The Bertz CT molecular complexity index is 106. The standard InChI is InChI=1S/C7H9Br2/c8-6-4-1-2-5(3-4)7(6)9/h4-6H,1-3H2. The number of hydrogen-bond donors (Lipinski definition) is 0. The van der Waals surface area contributed by atoms with E-state index in [-0.39, 0.29) is 0 Å². The fourth-order valence-corrected chi connectivity index (χ4v) is 3.63. The van der Waals surface area contributed by atoms with Gasteiger partial charge < -0.3 is 0 Å². The predicted octanol–water partition coefficient (Wildman–Crippen LogP) is 3.11. The largest absolute Gasteiger partial charge is 0.0872 e. The van der Waals surface area contributed by atoms with Crippen LogP contribution in [0.4, 0.5) is 0 Å². The molecule has 2 heteroatoms. The van der Waals surface area contributed by atoms with Gasteiger partial charge in [0.15, 0.2) is 0 Å². The van der Waals surface area contributed by atoms with Crippen LogP contribution in [0.1, 0.15) is 19.3 Å². The highest BCUT2D eigenvalue weighted by atomic mass is 79.9. The zero-order valence-corrected chi connectivity index (χ0v) is 8.28. The molecule has 0 N–H and O–H groups in total. The number of halogens is 2. The lowest BCUT2D eigenvalue weighted by atomic mass is 10.0. The van der Waals surface area contributed by atoms with Gasteiger partial charge >= 0.3 is 0 Å². The van der Waals surface area contributed by atoms with Crippen LogP contribution in [0.2, 0.25) is 0 Å². The van der Waals surface area contributed by atoms with Crippen LogP contribution in [0, 0.1) is 16.7 Å². The molecule has 2 bridgehead atoms. The Labute approximate surface area is 72.7 Å². The van der Waals surface area contributed by atoms with Gasteiger partial charge in [-0.1, -0.05) is 31.9 Å². The summed E-state index contributed by atoms with van der Waals surface area (Å²) >= 11 is 7.31. The Kier molecular flexibility index (Phi) is 1.65. The van der Waals surface area contributed by atoms with Crippen molar-refractivity contribution in [1.29, 1.82) is 0 Å². The predicted molar refractivity (Wildman–Crippen MR) is 45.7 cm³/mol. The van der Waals surface area contributed by atoms with Gasteiger partial charge in [-0.25, -0.2) is 0 Å². The quantitative estimate of drug-likeness (QED) is 0.582. The van der Waals surface area contributed by atoms with Crippen molar-refractivity contribution in [2.75, 3.05) is 0 Å². The van der Waals surface area contributed by atoms with E-state index >= 15 is 0 Å². The molecule has 3 atom stereocenters. The van der Waals surface area contributed by atoms with Gasteiger partial charge in [-0.05, 0) is 31.1 Å². The van der Waals surface area contributed by atoms with Gasteiger partial charge in [-0.3, -0.25) is 0 Å². The molecule has 1 radical (unpaired) electrons. The Hall–Kier alpha value is 0.960. The van der Waals surface area contributed by atoms with E-state index in [1.165, 1.54) is 24.1 Å². The van der Waals surface area contributed by atoms with Crippen LogP contribution in [0.5, 0.6) is 0 Å². The lowest BCUT2D eigenvalue weighted by molar-refractivity contribution is 0.567. The zero-order chi connectivity index (χ0) is 6.43. The van der Waals surface area contributed by atoms with Crippen LogP contribution in [0.15, 0.2) is 0 Å². The molecule has 51 valence electrons. The Morgan fingerprint density at radius 3 is 2.44 bits per heavy atom. The maximum absolute atomic E-state index is 3.68. The Morgan fingerprint density at radius 1 is 1.33 bits per heavy atom. The van der Waals surface area contributed by atoms with E-state index in [4.69, 9.17) is 0 Å². The third-order valence-electron chi connectivity index (χ3n) is 2.54. The van der Waals surface area contributed by atoms with E-state index in [1.807, 2.05) is 0 Å². The highest BCUT2D eigenvalue weighted by Crippen LogP contribution is 2.55. The van der Waals surface area contributed by atoms with Gasteiger partial charge in [0, 0.05) is 4.83 Å². The molecule has 0 saturated heterocycles. The molecule has 0 aliphatic heterocycles. The first-order chi connectivity index (χ1) is 4.29. The first-order valence-corrected chi connectivity index (χ1v) is 5.16. The number of hydrogen-bond acceptors (Lipinski definition) is 0. The van der Waals surface area contributed by atoms with Crippen molar-refractivity contribution in [3.8, 4) is 0 Å². The zero-order valence-electron chi connectivity index (χ0n) is 5.11. The number of rotatable bonds is 0. The highest BCUT2D eigenvalue weighted by molar-refractivity contribution is 9.13. The molecule has 2 saturated carbocycles. The fraction of sp³-hybridized carbons (Fsp3) is 0.857. The minimum absolute atomic E-state index is 0.691. The number of fused-ring (bicyclic) bond motifs is 2. The molecule has 0 aromatic heterocycles. The summed E-state index contributed by atoms with van der Waals surface area (Å²) in [6.45, 7) is 0. The highest BCUT2D eigenvalue weighted by Gasteiger charge is 2.45. The smallest absolute Gasteiger partial charge is 0.0579 e. The van der Waals surface area contributed by atoms with Gasteiger partial charge in [-0.2, -0.15) is 0 Å². The second-order valence-corrected chi connectivity index (χ2v) is 4.96. The summed E-state index contributed by atoms with van der Waals surface area (Å²) in [5, 5.41) is 0. The van der Waals surface area contributed by atoms with Crippen molar-refractivity contribution in [3.05, 3.63) is 4.83 Å². The van der Waals surface area contributed by atoms with E-state index in [1.54, 1.807) is 0 Å². The van der Waals surface area contributed by atoms with E-state index in [0.29, 0.717) is 4.83 Å². The topological polar surface area (TPSA) is 0 Å². The Balaban J connectivity index is 2.15. The lowest BCUT2D eigenvalue weighted by Gasteiger charge is -2.20. The van der Waals surface area contributed by atoms with Gasteiger partial charge in [0.1, 0.15) is 0 Å². The third kappa shape index (κ3) is 0.900. The second kappa shape index (κ2) is 2.23. The van der Waals surface area contributed by atoms with Crippen LogP contribution in [-0.2, 0) is 0 Å². The molecule has 3 unspecified atom stereocenters. The van der Waals surface area contributed by atoms with Crippen molar-refractivity contribution in [2.24, 2.45) is 11.8 Å². The summed E-state index contributed by atoms with van der Waals surface area (Å²) in [5.41, 5.74) is 0. The van der Waals surface area contributed by atoms with Crippen LogP contribution in [0.3, 0.4) is 0 Å². The van der Waals surface area contributed by atoms with E-state index in [2.05, 4.69) is 31.9 Å². The number of alkyl halides is 1. The average Bonchev–Trinajstić information content (AvgIpc) is 2.37. The van der Waals surface area contributed by atoms with E-state index in [0.717, 1.165) is 11.8 Å². The molecule has 2 aliphatic rings. The molecule has 2 aliphatic carbocycles. The minimum Gasteiger partial charge on any atom is -0.0872 e. The summed E-state index contributed by atoms with van der Waals surface area (Å²) in [7, 11) is 0. The molecule has 0 aromatic rings. The van der Waals surface area contributed by atoms with Crippen LogP contribution < -0.4 is 0 Å². The van der Waals surface area contributed by atoms with Crippen molar-refractivity contribution < 1.29 is 0 Å². The monoisotopic (exact) mass is 251 g/mol. The summed E-state index contributed by atoms with van der Waals surface area (Å²) in [4.78, 5) is 2.22. The molecule has 2 rings (SSSR count). The summed E-state index contributed by atoms with van der Waals surface area (Å²) in [5.74, 6) is 1.85. The van der Waals surface area contributed by atoms with Gasteiger partial charge in [0.05, 0.1) is 4.83 Å². The van der Waals surface area contributed by atoms with Gasteiger partial charge in [0.2, 0.25) is 0 Å². The molecule has 0 heterocycles. The first-order valence-electron chi connectivity index (χ1n) is 3.45. The summed E-state index contributed by atoms with van der Waals surface area (Å²) in [6, 6.07) is 0. The van der Waals surface area contributed by atoms with Crippen LogP contribution in [-0.4, -0.2) is 4.83 Å². The molecule has 2 fully saturated rings. The van der Waals surface area contributed by atoms with Crippen molar-refractivity contribution in [2.45, 2.75) is 24.1 Å².